The first-order chi connectivity index (χ1) is 13.8. The number of hydrogen-bond donors (Lipinski definition) is 0. The number of amides is 2. The van der Waals surface area contributed by atoms with E-state index in [-0.39, 0.29) is 17.7 Å². The van der Waals surface area contributed by atoms with Gasteiger partial charge in [-0.15, -0.1) is 0 Å². The zero-order chi connectivity index (χ0) is 20.6. The molecule has 0 aromatic carbocycles. The van der Waals surface area contributed by atoms with E-state index in [4.69, 9.17) is 0 Å². The van der Waals surface area contributed by atoms with Gasteiger partial charge in [-0.1, -0.05) is 0 Å². The zero-order valence-electron chi connectivity index (χ0n) is 16.9. The third kappa shape index (κ3) is 4.18. The normalized spacial score (nSPS) is 21.8. The molecule has 0 bridgehead atoms. The summed E-state index contributed by atoms with van der Waals surface area (Å²) in [6.45, 7) is 3.79. The van der Waals surface area contributed by atoms with Crippen molar-refractivity contribution in [2.75, 3.05) is 45.5 Å². The number of piperidine rings is 1. The maximum atomic E-state index is 12.9. The van der Waals surface area contributed by atoms with E-state index in [9.17, 15) is 18.0 Å². The quantitative estimate of drug-likeness (QED) is 0.691. The average molecular weight is 424 g/mol. The summed E-state index contributed by atoms with van der Waals surface area (Å²) in [6.07, 6.45) is 7.12. The van der Waals surface area contributed by atoms with E-state index in [2.05, 4.69) is 5.10 Å². The molecule has 0 unspecified atom stereocenters. The van der Waals surface area contributed by atoms with Crippen molar-refractivity contribution in [3.05, 3.63) is 17.5 Å². The molecule has 0 aliphatic carbocycles. The van der Waals surface area contributed by atoms with E-state index in [1.165, 1.54) is 10.6 Å². The Kier molecular flexibility index (Phi) is 5.65. The van der Waals surface area contributed by atoms with Crippen molar-refractivity contribution in [2.24, 2.45) is 5.92 Å². The number of aryl methyl sites for hydroxylation is 1. The van der Waals surface area contributed by atoms with Gasteiger partial charge in [-0.3, -0.25) is 14.3 Å². The first-order valence-corrected chi connectivity index (χ1v) is 12.3. The molecular weight excluding hydrogens is 394 g/mol. The van der Waals surface area contributed by atoms with Crippen LogP contribution in [0.2, 0.25) is 0 Å². The van der Waals surface area contributed by atoms with Gasteiger partial charge in [-0.2, -0.15) is 5.10 Å². The molecule has 10 heteroatoms. The van der Waals surface area contributed by atoms with Gasteiger partial charge in [0.15, 0.2) is 0 Å². The van der Waals surface area contributed by atoms with Crippen LogP contribution < -0.4 is 0 Å². The molecule has 0 spiro atoms. The molecule has 1 aromatic rings. The van der Waals surface area contributed by atoms with Crippen LogP contribution in [0.4, 0.5) is 0 Å². The third-order valence-corrected chi connectivity index (χ3v) is 7.67. The second kappa shape index (κ2) is 8.06. The van der Waals surface area contributed by atoms with E-state index in [1.54, 1.807) is 6.20 Å². The number of piperazine rings is 1. The molecule has 2 fully saturated rings. The lowest BCUT2D eigenvalue weighted by molar-refractivity contribution is -0.138. The topological polar surface area (TPSA) is 95.8 Å². The largest absolute Gasteiger partial charge is 0.339 e. The van der Waals surface area contributed by atoms with E-state index >= 15 is 0 Å². The first-order valence-electron chi connectivity index (χ1n) is 10.4. The SMILES string of the molecule is CS(=O)(=O)N1CCC(C(=O)N2CCN(C(=O)c3cnn4c3CCCC4)CC2)CC1. The van der Waals surface area contributed by atoms with Crippen LogP contribution in [-0.2, 0) is 27.8 Å². The number of rotatable bonds is 3. The summed E-state index contributed by atoms with van der Waals surface area (Å²) in [7, 11) is -3.19. The van der Waals surface area contributed by atoms with E-state index in [0.717, 1.165) is 31.5 Å². The van der Waals surface area contributed by atoms with Crippen LogP contribution in [0.15, 0.2) is 6.20 Å². The number of carbonyl (C=O) groups is 2. The van der Waals surface area contributed by atoms with Gasteiger partial charge in [0.25, 0.3) is 5.91 Å². The van der Waals surface area contributed by atoms with Crippen LogP contribution >= 0.6 is 0 Å². The second-order valence-corrected chi connectivity index (χ2v) is 10.2. The summed E-state index contributed by atoms with van der Waals surface area (Å²) in [4.78, 5) is 29.4. The van der Waals surface area contributed by atoms with Crippen LogP contribution in [0.1, 0.15) is 41.7 Å². The summed E-state index contributed by atoms with van der Waals surface area (Å²) in [6, 6.07) is 0. The molecule has 0 atom stereocenters. The Hall–Kier alpha value is -1.94. The summed E-state index contributed by atoms with van der Waals surface area (Å²) >= 11 is 0. The smallest absolute Gasteiger partial charge is 0.257 e. The van der Waals surface area contributed by atoms with Gasteiger partial charge in [0.1, 0.15) is 0 Å². The molecule has 2 saturated heterocycles. The first kappa shape index (κ1) is 20.3. The highest BCUT2D eigenvalue weighted by atomic mass is 32.2. The van der Waals surface area contributed by atoms with E-state index in [1.807, 2.05) is 14.5 Å². The predicted molar refractivity (Wildman–Crippen MR) is 107 cm³/mol. The van der Waals surface area contributed by atoms with Crippen molar-refractivity contribution in [3.8, 4) is 0 Å². The Morgan fingerprint density at radius 1 is 0.966 bits per heavy atom. The molecule has 0 radical (unpaired) electrons. The van der Waals surface area contributed by atoms with Crippen LogP contribution in [0.25, 0.3) is 0 Å². The highest BCUT2D eigenvalue weighted by Crippen LogP contribution is 2.23. The molecule has 0 saturated carbocycles. The Morgan fingerprint density at radius 3 is 2.28 bits per heavy atom. The number of fused-ring (bicyclic) bond motifs is 1. The summed E-state index contributed by atoms with van der Waals surface area (Å²) in [5, 5.41) is 4.36. The monoisotopic (exact) mass is 423 g/mol. The van der Waals surface area contributed by atoms with Crippen LogP contribution in [0, 0.1) is 5.92 Å². The van der Waals surface area contributed by atoms with Crippen LogP contribution in [0.5, 0.6) is 0 Å². The molecule has 4 rings (SSSR count). The summed E-state index contributed by atoms with van der Waals surface area (Å²) in [5.41, 5.74) is 1.75. The third-order valence-electron chi connectivity index (χ3n) is 6.36. The Morgan fingerprint density at radius 2 is 1.62 bits per heavy atom. The molecule has 29 heavy (non-hydrogen) atoms. The molecule has 160 valence electrons. The highest BCUT2D eigenvalue weighted by molar-refractivity contribution is 7.88. The Bertz CT molecular complexity index is 880. The number of nitrogens with zero attached hydrogens (tertiary/aromatic N) is 5. The molecule has 4 heterocycles. The Labute approximate surface area is 171 Å². The Balaban J connectivity index is 1.31. The van der Waals surface area contributed by atoms with E-state index in [0.29, 0.717) is 57.7 Å². The standard InChI is InChI=1S/C19H29N5O4S/c1-29(27,28)23-8-5-15(6-9-23)18(25)21-10-12-22(13-11-21)19(26)16-14-20-24-7-3-2-4-17(16)24/h14-15H,2-13H2,1H3. The number of sulfonamides is 1. The lowest BCUT2D eigenvalue weighted by Gasteiger charge is -2.38. The minimum atomic E-state index is -3.19. The lowest BCUT2D eigenvalue weighted by atomic mass is 9.96. The predicted octanol–water partition coefficient (Wildman–Crippen LogP) is 0.175. The highest BCUT2D eigenvalue weighted by Gasteiger charge is 2.34. The van der Waals surface area contributed by atoms with Crippen LogP contribution in [-0.4, -0.2) is 89.6 Å². The maximum Gasteiger partial charge on any atom is 0.257 e. The van der Waals surface area contributed by atoms with Crippen molar-refractivity contribution in [1.82, 2.24) is 23.9 Å². The minimum Gasteiger partial charge on any atom is -0.339 e. The summed E-state index contributed by atoms with van der Waals surface area (Å²) < 4.78 is 26.7. The van der Waals surface area contributed by atoms with Gasteiger partial charge < -0.3 is 9.80 Å². The molecule has 9 nitrogen and oxygen atoms in total. The second-order valence-electron chi connectivity index (χ2n) is 8.24. The van der Waals surface area contributed by atoms with Crippen LogP contribution in [0.3, 0.4) is 0 Å². The maximum absolute atomic E-state index is 12.9. The van der Waals surface area contributed by atoms with Gasteiger partial charge in [0.2, 0.25) is 15.9 Å². The fourth-order valence-electron chi connectivity index (χ4n) is 4.59. The van der Waals surface area contributed by atoms with Crippen molar-refractivity contribution in [1.29, 1.82) is 0 Å². The van der Waals surface area contributed by atoms with Gasteiger partial charge in [0, 0.05) is 51.7 Å². The van der Waals surface area contributed by atoms with Crippen molar-refractivity contribution >= 4 is 21.8 Å². The van der Waals surface area contributed by atoms with Crippen molar-refractivity contribution < 1.29 is 18.0 Å². The van der Waals surface area contributed by atoms with Gasteiger partial charge in [0.05, 0.1) is 23.7 Å². The summed E-state index contributed by atoms with van der Waals surface area (Å²) in [5.74, 6) is -0.0205. The average Bonchev–Trinajstić information content (AvgIpc) is 3.16. The molecular formula is C19H29N5O4S. The van der Waals surface area contributed by atoms with Gasteiger partial charge >= 0.3 is 0 Å². The fourth-order valence-corrected chi connectivity index (χ4v) is 5.47. The molecule has 3 aliphatic rings. The number of aromatic nitrogens is 2. The number of carbonyl (C=O) groups excluding carboxylic acids is 2. The zero-order valence-corrected chi connectivity index (χ0v) is 17.7. The molecule has 1 aromatic heterocycles. The van der Waals surface area contributed by atoms with Gasteiger partial charge in [-0.05, 0) is 32.1 Å². The molecule has 2 amide bonds. The molecule has 0 N–H and O–H groups in total. The van der Waals surface area contributed by atoms with Crippen molar-refractivity contribution in [2.45, 2.75) is 38.6 Å². The number of hydrogen-bond acceptors (Lipinski definition) is 5. The van der Waals surface area contributed by atoms with Crippen molar-refractivity contribution in [3.63, 3.8) is 0 Å². The molecule has 3 aliphatic heterocycles. The van der Waals surface area contributed by atoms with Gasteiger partial charge in [-0.25, -0.2) is 12.7 Å². The minimum absolute atomic E-state index is 0.0155. The fraction of sp³-hybridized carbons (Fsp3) is 0.737. The lowest BCUT2D eigenvalue weighted by Crippen LogP contribution is -2.53. The van der Waals surface area contributed by atoms with E-state index < -0.39 is 10.0 Å².